The zero-order valence-electron chi connectivity index (χ0n) is 11.6. The Morgan fingerprint density at radius 1 is 1.00 bits per heavy atom. The summed E-state index contributed by atoms with van der Waals surface area (Å²) >= 11 is 0. The van der Waals surface area contributed by atoms with Crippen LogP contribution in [0.5, 0.6) is 0 Å². The molecule has 0 fully saturated rings. The highest BCUT2D eigenvalue weighted by molar-refractivity contribution is 5.82. The second kappa shape index (κ2) is 4.95. The molecule has 21 heavy (non-hydrogen) atoms. The number of pyridine rings is 1. The molecule has 2 heterocycles. The van der Waals surface area contributed by atoms with E-state index in [-0.39, 0.29) is 6.04 Å². The van der Waals surface area contributed by atoms with Gasteiger partial charge in [0.05, 0.1) is 24.8 Å². The topological polar surface area (TPSA) is 48.1 Å². The van der Waals surface area contributed by atoms with Crippen molar-refractivity contribution >= 4 is 10.9 Å². The van der Waals surface area contributed by atoms with Crippen molar-refractivity contribution < 1.29 is 4.74 Å². The van der Waals surface area contributed by atoms with Gasteiger partial charge in [0.2, 0.25) is 0 Å². The SMILES string of the molecule is NC(c1ccc2c(c1)COC2)c1cccc2ncccc12. The second-order valence-electron chi connectivity index (χ2n) is 5.42. The molecule has 3 aromatic rings. The number of hydrogen-bond donors (Lipinski definition) is 1. The molecule has 2 aromatic carbocycles. The van der Waals surface area contributed by atoms with Crippen molar-refractivity contribution in [2.24, 2.45) is 5.73 Å². The number of ether oxygens (including phenoxy) is 1. The molecule has 0 aliphatic carbocycles. The lowest BCUT2D eigenvalue weighted by Crippen LogP contribution is -2.12. The highest BCUT2D eigenvalue weighted by Crippen LogP contribution is 2.29. The Bertz CT molecular complexity index is 808. The van der Waals surface area contributed by atoms with Crippen LogP contribution in [0.25, 0.3) is 10.9 Å². The van der Waals surface area contributed by atoms with Gasteiger partial charge >= 0.3 is 0 Å². The van der Waals surface area contributed by atoms with Gasteiger partial charge in [0.25, 0.3) is 0 Å². The summed E-state index contributed by atoms with van der Waals surface area (Å²) in [6, 6.07) is 16.4. The largest absolute Gasteiger partial charge is 0.372 e. The molecule has 0 amide bonds. The number of hydrogen-bond acceptors (Lipinski definition) is 3. The highest BCUT2D eigenvalue weighted by atomic mass is 16.5. The number of nitrogens with zero attached hydrogens (tertiary/aromatic N) is 1. The van der Waals surface area contributed by atoms with Crippen LogP contribution in [0.4, 0.5) is 0 Å². The molecule has 1 aromatic heterocycles. The molecule has 104 valence electrons. The van der Waals surface area contributed by atoms with Gasteiger partial charge < -0.3 is 10.5 Å². The van der Waals surface area contributed by atoms with Crippen molar-refractivity contribution in [3.63, 3.8) is 0 Å². The Labute approximate surface area is 123 Å². The van der Waals surface area contributed by atoms with Crippen molar-refractivity contribution in [3.05, 3.63) is 77.0 Å². The number of rotatable bonds is 2. The summed E-state index contributed by atoms with van der Waals surface area (Å²) in [6.07, 6.45) is 1.81. The van der Waals surface area contributed by atoms with Crippen LogP contribution in [0, 0.1) is 0 Å². The maximum absolute atomic E-state index is 6.51. The quantitative estimate of drug-likeness (QED) is 0.781. The van der Waals surface area contributed by atoms with E-state index < -0.39 is 0 Å². The summed E-state index contributed by atoms with van der Waals surface area (Å²) in [6.45, 7) is 1.40. The van der Waals surface area contributed by atoms with E-state index >= 15 is 0 Å². The fourth-order valence-electron chi connectivity index (χ4n) is 2.96. The zero-order chi connectivity index (χ0) is 14.2. The third kappa shape index (κ3) is 2.11. The summed E-state index contributed by atoms with van der Waals surface area (Å²) in [5.41, 5.74) is 12.2. The van der Waals surface area contributed by atoms with Crippen LogP contribution in [-0.2, 0) is 18.0 Å². The summed E-state index contributed by atoms with van der Waals surface area (Å²) in [4.78, 5) is 4.40. The molecule has 1 aliphatic heterocycles. The van der Waals surface area contributed by atoms with E-state index in [9.17, 15) is 0 Å². The molecule has 1 unspecified atom stereocenters. The Kier molecular flexibility index (Phi) is 2.95. The standard InChI is InChI=1S/C18H16N2O/c19-18(12-6-7-13-10-21-11-14(13)9-12)16-3-1-5-17-15(16)4-2-8-20-17/h1-9,18H,10-11,19H2. The van der Waals surface area contributed by atoms with Gasteiger partial charge in [-0.15, -0.1) is 0 Å². The van der Waals surface area contributed by atoms with E-state index in [1.54, 1.807) is 0 Å². The number of nitrogens with two attached hydrogens (primary N) is 1. The molecule has 2 N–H and O–H groups in total. The molecular weight excluding hydrogens is 260 g/mol. The van der Waals surface area contributed by atoms with E-state index in [1.165, 1.54) is 11.1 Å². The minimum absolute atomic E-state index is 0.149. The summed E-state index contributed by atoms with van der Waals surface area (Å²) < 4.78 is 5.47. The van der Waals surface area contributed by atoms with Crippen LogP contribution in [-0.4, -0.2) is 4.98 Å². The first kappa shape index (κ1) is 12.5. The van der Waals surface area contributed by atoms with Gasteiger partial charge in [0, 0.05) is 11.6 Å². The third-order valence-electron chi connectivity index (χ3n) is 4.12. The molecule has 3 heteroatoms. The normalized spacial score (nSPS) is 15.1. The summed E-state index contributed by atoms with van der Waals surface area (Å²) in [5, 5.41) is 1.12. The van der Waals surface area contributed by atoms with Crippen LogP contribution < -0.4 is 5.73 Å². The van der Waals surface area contributed by atoms with Gasteiger partial charge in [0.1, 0.15) is 0 Å². The molecule has 0 bridgehead atoms. The monoisotopic (exact) mass is 276 g/mol. The minimum Gasteiger partial charge on any atom is -0.372 e. The van der Waals surface area contributed by atoms with Crippen molar-refractivity contribution in [2.75, 3.05) is 0 Å². The van der Waals surface area contributed by atoms with E-state index in [4.69, 9.17) is 10.5 Å². The molecule has 3 nitrogen and oxygen atoms in total. The lowest BCUT2D eigenvalue weighted by atomic mass is 9.94. The van der Waals surface area contributed by atoms with Gasteiger partial charge in [-0.25, -0.2) is 0 Å². The molecule has 0 radical (unpaired) electrons. The van der Waals surface area contributed by atoms with Gasteiger partial charge in [0.15, 0.2) is 0 Å². The summed E-state index contributed by atoms with van der Waals surface area (Å²) in [5.74, 6) is 0. The predicted molar refractivity (Wildman–Crippen MR) is 82.7 cm³/mol. The number of aromatic nitrogens is 1. The van der Waals surface area contributed by atoms with Crippen molar-refractivity contribution in [2.45, 2.75) is 19.3 Å². The fourth-order valence-corrected chi connectivity index (χ4v) is 2.96. The molecular formula is C18H16N2O. The lowest BCUT2D eigenvalue weighted by molar-refractivity contribution is 0.134. The Hall–Kier alpha value is -2.23. The van der Waals surface area contributed by atoms with Crippen LogP contribution in [0.2, 0.25) is 0 Å². The third-order valence-corrected chi connectivity index (χ3v) is 4.12. The molecule has 1 aliphatic rings. The average molecular weight is 276 g/mol. The van der Waals surface area contributed by atoms with Gasteiger partial charge in [-0.2, -0.15) is 0 Å². The van der Waals surface area contributed by atoms with Crippen molar-refractivity contribution in [1.29, 1.82) is 0 Å². The van der Waals surface area contributed by atoms with E-state index in [0.29, 0.717) is 13.2 Å². The zero-order valence-corrected chi connectivity index (χ0v) is 11.6. The summed E-state index contributed by atoms with van der Waals surface area (Å²) in [7, 11) is 0. The van der Waals surface area contributed by atoms with Crippen LogP contribution in [0.1, 0.15) is 28.3 Å². The first-order valence-corrected chi connectivity index (χ1v) is 7.11. The molecule has 0 saturated carbocycles. The van der Waals surface area contributed by atoms with Gasteiger partial charge in [-0.1, -0.05) is 36.4 Å². The minimum atomic E-state index is -0.149. The van der Waals surface area contributed by atoms with E-state index in [0.717, 1.165) is 22.0 Å². The Balaban J connectivity index is 1.81. The maximum atomic E-state index is 6.51. The maximum Gasteiger partial charge on any atom is 0.0725 e. The Morgan fingerprint density at radius 2 is 1.90 bits per heavy atom. The fraction of sp³-hybridized carbons (Fsp3) is 0.167. The van der Waals surface area contributed by atoms with E-state index in [2.05, 4.69) is 35.3 Å². The lowest BCUT2D eigenvalue weighted by Gasteiger charge is -2.16. The smallest absolute Gasteiger partial charge is 0.0725 e. The van der Waals surface area contributed by atoms with Crippen LogP contribution in [0.3, 0.4) is 0 Å². The van der Waals surface area contributed by atoms with Crippen LogP contribution >= 0.6 is 0 Å². The van der Waals surface area contributed by atoms with E-state index in [1.807, 2.05) is 24.4 Å². The Morgan fingerprint density at radius 3 is 2.86 bits per heavy atom. The van der Waals surface area contributed by atoms with Gasteiger partial charge in [-0.05, 0) is 34.4 Å². The molecule has 0 saturated heterocycles. The first-order valence-electron chi connectivity index (χ1n) is 7.11. The molecule has 0 spiro atoms. The van der Waals surface area contributed by atoms with Crippen molar-refractivity contribution in [3.8, 4) is 0 Å². The highest BCUT2D eigenvalue weighted by Gasteiger charge is 2.16. The van der Waals surface area contributed by atoms with Crippen LogP contribution in [0.15, 0.2) is 54.7 Å². The molecule has 4 rings (SSSR count). The van der Waals surface area contributed by atoms with Crippen molar-refractivity contribution in [1.82, 2.24) is 4.98 Å². The number of fused-ring (bicyclic) bond motifs is 2. The predicted octanol–water partition coefficient (Wildman–Crippen LogP) is 3.31. The molecule has 1 atom stereocenters. The average Bonchev–Trinajstić information content (AvgIpc) is 3.01. The van der Waals surface area contributed by atoms with Gasteiger partial charge in [-0.3, -0.25) is 4.98 Å². The number of benzene rings is 2. The second-order valence-corrected chi connectivity index (χ2v) is 5.42. The first-order chi connectivity index (χ1) is 10.3.